The molecule has 1 N–H and O–H groups in total. The Balaban J connectivity index is 2.98. The van der Waals surface area contributed by atoms with E-state index < -0.39 is 10.0 Å². The van der Waals surface area contributed by atoms with Gasteiger partial charge in [0, 0.05) is 26.5 Å². The van der Waals surface area contributed by atoms with Crippen LogP contribution in [-0.2, 0) is 10.0 Å². The summed E-state index contributed by atoms with van der Waals surface area (Å²) >= 11 is 5.78. The van der Waals surface area contributed by atoms with Crippen molar-refractivity contribution in [2.75, 3.05) is 31.8 Å². The van der Waals surface area contributed by atoms with Crippen molar-refractivity contribution < 1.29 is 8.42 Å². The minimum absolute atomic E-state index is 0.0107. The van der Waals surface area contributed by atoms with Gasteiger partial charge in [0.1, 0.15) is 4.90 Å². The van der Waals surface area contributed by atoms with Crippen LogP contribution < -0.4 is 5.32 Å². The van der Waals surface area contributed by atoms with E-state index in [1.54, 1.807) is 18.2 Å². The molecule has 0 spiro atoms. The molecule has 1 aromatic rings. The fourth-order valence-corrected chi connectivity index (χ4v) is 3.29. The molecule has 4 nitrogen and oxygen atoms in total. The number of benzene rings is 1. The van der Waals surface area contributed by atoms with Crippen molar-refractivity contribution in [3.8, 4) is 0 Å². The van der Waals surface area contributed by atoms with Gasteiger partial charge < -0.3 is 5.32 Å². The molecule has 0 fully saturated rings. The molecule has 0 bridgehead atoms. The van der Waals surface area contributed by atoms with Gasteiger partial charge in [-0.3, -0.25) is 0 Å². The highest BCUT2D eigenvalue weighted by molar-refractivity contribution is 7.89. The van der Waals surface area contributed by atoms with Gasteiger partial charge in [-0.2, -0.15) is 0 Å². The van der Waals surface area contributed by atoms with Crippen molar-refractivity contribution in [1.82, 2.24) is 4.31 Å². The summed E-state index contributed by atoms with van der Waals surface area (Å²) in [5, 5.41) is 3.23. The van der Waals surface area contributed by atoms with Gasteiger partial charge >= 0.3 is 0 Å². The summed E-state index contributed by atoms with van der Waals surface area (Å²) in [5.74, 6) is 0.590. The van der Waals surface area contributed by atoms with Crippen LogP contribution >= 0.6 is 11.6 Å². The monoisotopic (exact) mass is 318 g/mol. The lowest BCUT2D eigenvalue weighted by Gasteiger charge is -2.25. The van der Waals surface area contributed by atoms with Crippen LogP contribution in [0.1, 0.15) is 20.3 Å². The Morgan fingerprint density at radius 2 is 1.85 bits per heavy atom. The van der Waals surface area contributed by atoms with Gasteiger partial charge in [-0.1, -0.05) is 26.0 Å². The molecule has 114 valence electrons. The highest BCUT2D eigenvalue weighted by Gasteiger charge is 2.22. The van der Waals surface area contributed by atoms with E-state index in [1.165, 1.54) is 18.4 Å². The Morgan fingerprint density at radius 1 is 1.25 bits per heavy atom. The van der Waals surface area contributed by atoms with E-state index in [2.05, 4.69) is 19.2 Å². The molecule has 0 atom stereocenters. The van der Waals surface area contributed by atoms with Gasteiger partial charge in [-0.25, -0.2) is 12.7 Å². The van der Waals surface area contributed by atoms with E-state index in [1.807, 2.05) is 6.07 Å². The second-order valence-corrected chi connectivity index (χ2v) is 8.24. The first-order valence-electron chi connectivity index (χ1n) is 6.52. The third-order valence-electron chi connectivity index (χ3n) is 3.17. The summed E-state index contributed by atoms with van der Waals surface area (Å²) < 4.78 is 25.8. The van der Waals surface area contributed by atoms with Gasteiger partial charge in [-0.05, 0) is 24.0 Å². The number of nitrogens with one attached hydrogen (secondary N) is 1. The van der Waals surface area contributed by atoms with Gasteiger partial charge in [0.05, 0.1) is 5.69 Å². The standard InChI is InChI=1S/C14H23ClN2O2S/c1-14(2,9-10-15)11-16-12-7-5-6-8-13(12)20(18,19)17(3)4/h5-8,16H,9-11H2,1-4H3. The number of rotatable bonds is 7. The van der Waals surface area contributed by atoms with Gasteiger partial charge in [0.25, 0.3) is 0 Å². The quantitative estimate of drug-likeness (QED) is 0.786. The summed E-state index contributed by atoms with van der Waals surface area (Å²) in [7, 11) is -0.380. The van der Waals surface area contributed by atoms with E-state index in [-0.39, 0.29) is 5.41 Å². The second-order valence-electron chi connectivity index (χ2n) is 5.74. The molecule has 1 aromatic carbocycles. The number of halogens is 1. The molecule has 0 amide bonds. The maximum Gasteiger partial charge on any atom is 0.244 e. The zero-order valence-corrected chi connectivity index (χ0v) is 14.1. The third-order valence-corrected chi connectivity index (χ3v) is 5.24. The SMILES string of the molecule is CN(C)S(=O)(=O)c1ccccc1NCC(C)(C)CCCl. The number of anilines is 1. The van der Waals surface area contributed by atoms with Crippen LogP contribution in [0.25, 0.3) is 0 Å². The van der Waals surface area contributed by atoms with Crippen LogP contribution in [0.5, 0.6) is 0 Å². The average Bonchev–Trinajstić information content (AvgIpc) is 2.36. The Hall–Kier alpha value is -0.780. The molecule has 6 heteroatoms. The Kier molecular flexibility index (Phi) is 5.86. The van der Waals surface area contributed by atoms with E-state index in [0.717, 1.165) is 6.42 Å². The molecule has 1 rings (SSSR count). The minimum Gasteiger partial charge on any atom is -0.383 e. The minimum atomic E-state index is -3.44. The molecular formula is C14H23ClN2O2S. The maximum atomic E-state index is 12.3. The first-order valence-corrected chi connectivity index (χ1v) is 8.49. The van der Waals surface area contributed by atoms with Gasteiger partial charge in [0.15, 0.2) is 0 Å². The molecule has 0 aliphatic heterocycles. The predicted molar refractivity (Wildman–Crippen MR) is 84.9 cm³/mol. The normalized spacial score (nSPS) is 12.7. The molecule has 0 unspecified atom stereocenters. The van der Waals surface area contributed by atoms with Crippen molar-refractivity contribution in [1.29, 1.82) is 0 Å². The molecule has 20 heavy (non-hydrogen) atoms. The van der Waals surface area contributed by atoms with E-state index >= 15 is 0 Å². The summed E-state index contributed by atoms with van der Waals surface area (Å²) in [6, 6.07) is 6.95. The highest BCUT2D eigenvalue weighted by Crippen LogP contribution is 2.26. The van der Waals surface area contributed by atoms with Crippen molar-refractivity contribution in [2.24, 2.45) is 5.41 Å². The molecule has 0 aliphatic rings. The van der Waals surface area contributed by atoms with Crippen molar-refractivity contribution in [3.63, 3.8) is 0 Å². The zero-order chi connectivity index (χ0) is 15.4. The summed E-state index contributed by atoms with van der Waals surface area (Å²) in [5.41, 5.74) is 0.639. The van der Waals surface area contributed by atoms with Gasteiger partial charge in [0.2, 0.25) is 10.0 Å². The Morgan fingerprint density at radius 3 is 2.40 bits per heavy atom. The molecule has 0 aromatic heterocycles. The summed E-state index contributed by atoms with van der Waals surface area (Å²) in [6.07, 6.45) is 0.865. The largest absolute Gasteiger partial charge is 0.383 e. The summed E-state index contributed by atoms with van der Waals surface area (Å²) in [6.45, 7) is 4.87. The highest BCUT2D eigenvalue weighted by atomic mass is 35.5. The Bertz CT molecular complexity index is 542. The molecule has 0 saturated heterocycles. The van der Waals surface area contributed by atoms with Crippen molar-refractivity contribution in [2.45, 2.75) is 25.2 Å². The molecule has 0 saturated carbocycles. The van der Waals surface area contributed by atoms with Crippen LogP contribution in [0.2, 0.25) is 0 Å². The molecular weight excluding hydrogens is 296 g/mol. The number of sulfonamides is 1. The van der Waals surface area contributed by atoms with Crippen molar-refractivity contribution in [3.05, 3.63) is 24.3 Å². The lowest BCUT2D eigenvalue weighted by molar-refractivity contribution is 0.379. The first-order chi connectivity index (χ1) is 9.20. The number of hydrogen-bond donors (Lipinski definition) is 1. The van der Waals surface area contributed by atoms with Crippen LogP contribution in [0.15, 0.2) is 29.2 Å². The Labute approximate surface area is 127 Å². The second kappa shape index (κ2) is 6.78. The van der Waals surface area contributed by atoms with Crippen molar-refractivity contribution >= 4 is 27.3 Å². The number of nitrogens with zero attached hydrogens (tertiary/aromatic N) is 1. The molecule has 0 heterocycles. The zero-order valence-electron chi connectivity index (χ0n) is 12.5. The van der Waals surface area contributed by atoms with Gasteiger partial charge in [-0.15, -0.1) is 11.6 Å². The van der Waals surface area contributed by atoms with E-state index in [4.69, 9.17) is 11.6 Å². The average molecular weight is 319 g/mol. The van der Waals surface area contributed by atoms with E-state index in [0.29, 0.717) is 23.0 Å². The molecule has 0 aliphatic carbocycles. The maximum absolute atomic E-state index is 12.3. The van der Waals surface area contributed by atoms with E-state index in [9.17, 15) is 8.42 Å². The topological polar surface area (TPSA) is 49.4 Å². The summed E-state index contributed by atoms with van der Waals surface area (Å²) in [4.78, 5) is 0.298. The number of para-hydroxylation sites is 1. The smallest absolute Gasteiger partial charge is 0.244 e. The molecule has 0 radical (unpaired) electrons. The van der Waals surface area contributed by atoms with Crippen LogP contribution in [0.3, 0.4) is 0 Å². The van der Waals surface area contributed by atoms with Crippen LogP contribution in [-0.4, -0.2) is 39.2 Å². The lowest BCUT2D eigenvalue weighted by Crippen LogP contribution is -2.26. The number of alkyl halides is 1. The first kappa shape index (κ1) is 17.3. The van der Waals surface area contributed by atoms with Crippen LogP contribution in [0, 0.1) is 5.41 Å². The number of hydrogen-bond acceptors (Lipinski definition) is 3. The fraction of sp³-hybridized carbons (Fsp3) is 0.571. The predicted octanol–water partition coefficient (Wildman–Crippen LogP) is 3.00. The van der Waals surface area contributed by atoms with Crippen LogP contribution in [0.4, 0.5) is 5.69 Å². The third kappa shape index (κ3) is 4.36. The lowest BCUT2D eigenvalue weighted by atomic mass is 9.90. The fourth-order valence-electron chi connectivity index (χ4n) is 1.71.